The van der Waals surface area contributed by atoms with E-state index in [0.29, 0.717) is 24.0 Å². The lowest BCUT2D eigenvalue weighted by molar-refractivity contribution is 0.0688. The van der Waals surface area contributed by atoms with E-state index in [4.69, 9.17) is 9.84 Å². The average Bonchev–Trinajstić information content (AvgIpc) is 2.38. The van der Waals surface area contributed by atoms with Crippen LogP contribution in [0.1, 0.15) is 28.9 Å². The van der Waals surface area contributed by atoms with Gasteiger partial charge in [-0.05, 0) is 44.3 Å². The predicted molar refractivity (Wildman–Crippen MR) is 67.0 cm³/mol. The molecule has 0 saturated carbocycles. The van der Waals surface area contributed by atoms with Crippen molar-refractivity contribution < 1.29 is 14.6 Å². The van der Waals surface area contributed by atoms with Crippen molar-refractivity contribution in [2.75, 3.05) is 19.7 Å². The minimum Gasteiger partial charge on any atom is -0.477 e. The summed E-state index contributed by atoms with van der Waals surface area (Å²) in [6.07, 6.45) is 2.19. The molecular formula is C13H18N2O3. The summed E-state index contributed by atoms with van der Waals surface area (Å²) in [5.74, 6) is -0.0843. The van der Waals surface area contributed by atoms with Crippen LogP contribution < -0.4 is 10.1 Å². The van der Waals surface area contributed by atoms with Crippen molar-refractivity contribution in [3.05, 3.63) is 23.4 Å². The van der Waals surface area contributed by atoms with Crippen LogP contribution in [0.25, 0.3) is 0 Å². The van der Waals surface area contributed by atoms with Gasteiger partial charge in [-0.3, -0.25) is 0 Å². The van der Waals surface area contributed by atoms with Crippen LogP contribution in [0.15, 0.2) is 12.1 Å². The standard InChI is InChI=1S/C13H18N2O3/c1-9-2-3-11(15-12(9)13(16)17)18-8-10-4-6-14-7-5-10/h2-3,10,14H,4-8H2,1H3,(H,16,17). The van der Waals surface area contributed by atoms with E-state index in [0.717, 1.165) is 25.9 Å². The third kappa shape index (κ3) is 3.20. The minimum absolute atomic E-state index is 0.0674. The molecule has 0 spiro atoms. The Hall–Kier alpha value is -1.62. The molecule has 0 aromatic carbocycles. The summed E-state index contributed by atoms with van der Waals surface area (Å²) in [7, 11) is 0. The third-order valence-corrected chi connectivity index (χ3v) is 3.20. The third-order valence-electron chi connectivity index (χ3n) is 3.20. The van der Waals surface area contributed by atoms with Gasteiger partial charge in [-0.1, -0.05) is 6.07 Å². The molecule has 2 heterocycles. The van der Waals surface area contributed by atoms with Crippen LogP contribution in [0.3, 0.4) is 0 Å². The number of carboxylic acid groups (broad SMARTS) is 1. The fourth-order valence-electron chi connectivity index (χ4n) is 2.06. The molecule has 1 fully saturated rings. The van der Waals surface area contributed by atoms with Gasteiger partial charge in [-0.25, -0.2) is 9.78 Å². The molecule has 0 bridgehead atoms. The number of rotatable bonds is 4. The zero-order valence-electron chi connectivity index (χ0n) is 10.5. The maximum absolute atomic E-state index is 11.0. The highest BCUT2D eigenvalue weighted by Crippen LogP contribution is 2.16. The molecule has 1 aliphatic rings. The summed E-state index contributed by atoms with van der Waals surface area (Å²) < 4.78 is 5.59. The maximum Gasteiger partial charge on any atom is 0.354 e. The number of aryl methyl sites for hydroxylation is 1. The average molecular weight is 250 g/mol. The van der Waals surface area contributed by atoms with E-state index in [2.05, 4.69) is 10.3 Å². The molecule has 0 radical (unpaired) electrons. The van der Waals surface area contributed by atoms with Crippen LogP contribution in [0.2, 0.25) is 0 Å². The number of hydrogen-bond acceptors (Lipinski definition) is 4. The topological polar surface area (TPSA) is 71.5 Å². The quantitative estimate of drug-likeness (QED) is 0.846. The van der Waals surface area contributed by atoms with Crippen molar-refractivity contribution in [2.24, 2.45) is 5.92 Å². The van der Waals surface area contributed by atoms with Gasteiger partial charge in [0.25, 0.3) is 0 Å². The first kappa shape index (κ1) is 12.8. The summed E-state index contributed by atoms with van der Waals surface area (Å²) in [5, 5.41) is 12.3. The summed E-state index contributed by atoms with van der Waals surface area (Å²) in [6, 6.07) is 3.46. The second kappa shape index (κ2) is 5.82. The van der Waals surface area contributed by atoms with E-state index in [1.807, 2.05) is 0 Å². The number of nitrogens with zero attached hydrogens (tertiary/aromatic N) is 1. The number of carboxylic acids is 1. The highest BCUT2D eigenvalue weighted by Gasteiger charge is 2.15. The Bertz CT molecular complexity index is 428. The highest BCUT2D eigenvalue weighted by atomic mass is 16.5. The fourth-order valence-corrected chi connectivity index (χ4v) is 2.06. The molecule has 1 aliphatic heterocycles. The molecule has 0 amide bonds. The summed E-state index contributed by atoms with van der Waals surface area (Å²) in [5.41, 5.74) is 0.717. The van der Waals surface area contributed by atoms with Gasteiger partial charge in [-0.15, -0.1) is 0 Å². The van der Waals surface area contributed by atoms with Gasteiger partial charge in [-0.2, -0.15) is 0 Å². The van der Waals surface area contributed by atoms with Crippen LogP contribution in [0.4, 0.5) is 0 Å². The van der Waals surface area contributed by atoms with Crippen LogP contribution in [-0.2, 0) is 0 Å². The van der Waals surface area contributed by atoms with Crippen molar-refractivity contribution in [1.29, 1.82) is 0 Å². The summed E-state index contributed by atoms with van der Waals surface area (Å²) >= 11 is 0. The first-order valence-corrected chi connectivity index (χ1v) is 6.21. The number of ether oxygens (including phenoxy) is 1. The molecule has 2 rings (SSSR count). The van der Waals surface area contributed by atoms with Crippen LogP contribution in [-0.4, -0.2) is 35.8 Å². The molecule has 1 saturated heterocycles. The normalized spacial score (nSPS) is 16.5. The first-order valence-electron chi connectivity index (χ1n) is 6.21. The number of carbonyl (C=O) groups is 1. The Morgan fingerprint density at radius 2 is 2.22 bits per heavy atom. The molecular weight excluding hydrogens is 232 g/mol. The molecule has 1 aromatic rings. The van der Waals surface area contributed by atoms with Crippen LogP contribution in [0.5, 0.6) is 5.88 Å². The van der Waals surface area contributed by atoms with Crippen LogP contribution in [0, 0.1) is 12.8 Å². The number of pyridine rings is 1. The van der Waals surface area contributed by atoms with Crippen LogP contribution >= 0.6 is 0 Å². The second-order valence-corrected chi connectivity index (χ2v) is 4.62. The van der Waals surface area contributed by atoms with Gasteiger partial charge >= 0.3 is 5.97 Å². The van der Waals surface area contributed by atoms with E-state index in [1.54, 1.807) is 19.1 Å². The first-order chi connectivity index (χ1) is 8.66. The number of nitrogens with one attached hydrogen (secondary N) is 1. The van der Waals surface area contributed by atoms with Gasteiger partial charge in [0.15, 0.2) is 5.69 Å². The molecule has 0 aliphatic carbocycles. The van der Waals surface area contributed by atoms with Crippen molar-refractivity contribution in [3.8, 4) is 5.88 Å². The minimum atomic E-state index is -1.01. The van der Waals surface area contributed by atoms with E-state index in [-0.39, 0.29) is 5.69 Å². The van der Waals surface area contributed by atoms with Gasteiger partial charge in [0.1, 0.15) is 0 Å². The van der Waals surface area contributed by atoms with Gasteiger partial charge in [0.2, 0.25) is 5.88 Å². The maximum atomic E-state index is 11.0. The number of piperidine rings is 1. The van der Waals surface area contributed by atoms with E-state index in [9.17, 15) is 4.79 Å². The van der Waals surface area contributed by atoms with Gasteiger partial charge in [0, 0.05) is 6.07 Å². The van der Waals surface area contributed by atoms with E-state index in [1.165, 1.54) is 0 Å². The highest BCUT2D eigenvalue weighted by molar-refractivity contribution is 5.87. The molecule has 1 aromatic heterocycles. The molecule has 98 valence electrons. The SMILES string of the molecule is Cc1ccc(OCC2CCNCC2)nc1C(=O)O. The van der Waals surface area contributed by atoms with Crippen molar-refractivity contribution in [3.63, 3.8) is 0 Å². The Kier molecular flexibility index (Phi) is 4.15. The molecule has 5 heteroatoms. The number of hydrogen-bond donors (Lipinski definition) is 2. The molecule has 18 heavy (non-hydrogen) atoms. The largest absolute Gasteiger partial charge is 0.477 e. The Morgan fingerprint density at radius 1 is 1.50 bits per heavy atom. The lowest BCUT2D eigenvalue weighted by Crippen LogP contribution is -2.30. The fraction of sp³-hybridized carbons (Fsp3) is 0.538. The monoisotopic (exact) mass is 250 g/mol. The van der Waals surface area contributed by atoms with Crippen molar-refractivity contribution in [1.82, 2.24) is 10.3 Å². The summed E-state index contributed by atoms with van der Waals surface area (Å²) in [4.78, 5) is 15.0. The zero-order valence-corrected chi connectivity index (χ0v) is 10.5. The predicted octanol–water partition coefficient (Wildman–Crippen LogP) is 1.47. The molecule has 5 nitrogen and oxygen atoms in total. The number of aromatic nitrogens is 1. The number of aromatic carboxylic acids is 1. The van der Waals surface area contributed by atoms with Gasteiger partial charge < -0.3 is 15.2 Å². The lowest BCUT2D eigenvalue weighted by Gasteiger charge is -2.22. The summed E-state index contributed by atoms with van der Waals surface area (Å²) in [6.45, 7) is 4.38. The van der Waals surface area contributed by atoms with Crippen molar-refractivity contribution in [2.45, 2.75) is 19.8 Å². The Morgan fingerprint density at radius 3 is 2.89 bits per heavy atom. The van der Waals surface area contributed by atoms with Gasteiger partial charge in [0.05, 0.1) is 6.61 Å². The molecule has 2 N–H and O–H groups in total. The van der Waals surface area contributed by atoms with Crippen molar-refractivity contribution >= 4 is 5.97 Å². The smallest absolute Gasteiger partial charge is 0.354 e. The zero-order chi connectivity index (χ0) is 13.0. The van der Waals surface area contributed by atoms with E-state index >= 15 is 0 Å². The molecule has 0 unspecified atom stereocenters. The Balaban J connectivity index is 1.96. The van der Waals surface area contributed by atoms with E-state index < -0.39 is 5.97 Å². The Labute approximate surface area is 106 Å². The lowest BCUT2D eigenvalue weighted by atomic mass is 9.99. The molecule has 0 atom stereocenters. The second-order valence-electron chi connectivity index (χ2n) is 4.62.